The Morgan fingerprint density at radius 2 is 0.810 bits per heavy atom. The highest BCUT2D eigenvalue weighted by Gasteiger charge is 2.29. The third kappa shape index (κ3) is 15.5. The smallest absolute Gasteiger partial charge is 0.455 e. The Hall–Kier alpha value is -5.97. The normalized spacial score (nSPS) is 11.5. The van der Waals surface area contributed by atoms with Crippen LogP contribution in [0, 0.1) is 0 Å². The van der Waals surface area contributed by atoms with Crippen molar-refractivity contribution in [3.63, 3.8) is 0 Å². The van der Waals surface area contributed by atoms with Crippen LogP contribution in [-0.2, 0) is 0 Å². The van der Waals surface area contributed by atoms with Gasteiger partial charge in [0.1, 0.15) is 11.5 Å². The van der Waals surface area contributed by atoms with Crippen LogP contribution in [0.3, 0.4) is 0 Å². The Kier molecular flexibility index (Phi) is 17.5. The maximum absolute atomic E-state index is 12.6. The van der Waals surface area contributed by atoms with Gasteiger partial charge in [0.15, 0.2) is 11.5 Å². The van der Waals surface area contributed by atoms with Gasteiger partial charge in [-0.2, -0.15) is 26.3 Å². The standard InChI is InChI=1S/2C19H14F3NO.C9H19F/c2*20-19(21,22)23-16-11-5-7-13-18(16)24-17-12-6-4-10-15(17)14-8-2-1-3-9-14;1-3-5-6-7-8-9(10)4-2/h2*1-13,23H;9H,3-8H2,1-2H3. The molecule has 0 aliphatic rings. The van der Waals surface area contributed by atoms with E-state index < -0.39 is 18.8 Å². The summed E-state index contributed by atoms with van der Waals surface area (Å²) in [4.78, 5) is 0. The van der Waals surface area contributed by atoms with E-state index in [0.717, 1.165) is 35.1 Å². The SMILES string of the molecule is CCCCCCC(F)CC.FC(F)(F)Nc1ccccc1Oc1ccccc1-c1ccccc1.FC(F)(F)Nc1ccccc1Oc1ccccc1-c1ccccc1. The first kappa shape index (κ1) is 44.7. The zero-order valence-electron chi connectivity index (χ0n) is 32.3. The fraction of sp³-hybridized carbons (Fsp3) is 0.234. The van der Waals surface area contributed by atoms with Crippen LogP contribution >= 0.6 is 0 Å². The molecule has 6 aromatic carbocycles. The third-order valence-electron chi connectivity index (χ3n) is 8.52. The largest absolute Gasteiger partial charge is 0.482 e. The van der Waals surface area contributed by atoms with Crippen molar-refractivity contribution in [2.24, 2.45) is 0 Å². The number of unbranched alkanes of at least 4 members (excludes halogenated alkanes) is 3. The van der Waals surface area contributed by atoms with Crippen LogP contribution in [-0.4, -0.2) is 18.8 Å². The highest BCUT2D eigenvalue weighted by atomic mass is 19.4. The first-order valence-electron chi connectivity index (χ1n) is 19.0. The van der Waals surface area contributed by atoms with E-state index in [4.69, 9.17) is 9.47 Å². The first-order valence-corrected chi connectivity index (χ1v) is 19.0. The number of benzene rings is 6. The number of ether oxygens (including phenoxy) is 2. The Morgan fingerprint density at radius 3 is 1.19 bits per heavy atom. The second kappa shape index (κ2) is 22.7. The molecule has 306 valence electrons. The van der Waals surface area contributed by atoms with E-state index >= 15 is 0 Å². The lowest BCUT2D eigenvalue weighted by Crippen LogP contribution is -2.20. The molecule has 0 aliphatic carbocycles. The van der Waals surface area contributed by atoms with E-state index in [0.29, 0.717) is 17.9 Å². The lowest BCUT2D eigenvalue weighted by molar-refractivity contribution is -0.101. The Balaban J connectivity index is 0.000000209. The number of halogens is 7. The summed E-state index contributed by atoms with van der Waals surface area (Å²) < 4.78 is 99.9. The number of nitrogens with one attached hydrogen (secondary N) is 2. The number of hydrogen-bond donors (Lipinski definition) is 2. The molecule has 6 aromatic rings. The van der Waals surface area contributed by atoms with E-state index in [9.17, 15) is 30.7 Å². The molecule has 1 unspecified atom stereocenters. The van der Waals surface area contributed by atoms with Crippen LogP contribution in [0.5, 0.6) is 23.0 Å². The highest BCUT2D eigenvalue weighted by Crippen LogP contribution is 2.39. The fourth-order valence-corrected chi connectivity index (χ4v) is 5.68. The maximum Gasteiger partial charge on any atom is 0.482 e. The molecule has 0 aromatic heterocycles. The zero-order chi connectivity index (χ0) is 41.8. The van der Waals surface area contributed by atoms with E-state index in [1.165, 1.54) is 66.3 Å². The third-order valence-corrected chi connectivity index (χ3v) is 8.52. The van der Waals surface area contributed by atoms with E-state index in [1.807, 2.05) is 91.9 Å². The molecule has 2 N–H and O–H groups in total. The quantitative estimate of drug-likeness (QED) is 0.0654. The van der Waals surface area contributed by atoms with Crippen molar-refractivity contribution in [1.82, 2.24) is 0 Å². The van der Waals surface area contributed by atoms with Crippen molar-refractivity contribution in [3.05, 3.63) is 158 Å². The minimum absolute atomic E-state index is 0.109. The second-order valence-electron chi connectivity index (χ2n) is 13.0. The predicted octanol–water partition coefficient (Wildman–Crippen LogP) is 15.9. The van der Waals surface area contributed by atoms with Crippen molar-refractivity contribution in [2.45, 2.75) is 71.1 Å². The van der Waals surface area contributed by atoms with E-state index in [-0.39, 0.29) is 22.9 Å². The summed E-state index contributed by atoms with van der Waals surface area (Å²) >= 11 is 0. The summed E-state index contributed by atoms with van der Waals surface area (Å²) in [6.45, 7) is 4.08. The number of hydrogen-bond acceptors (Lipinski definition) is 4. The van der Waals surface area contributed by atoms with Crippen molar-refractivity contribution in [2.75, 3.05) is 10.6 Å². The molecule has 1 atom stereocenters. The molecule has 6 rings (SSSR count). The molecule has 58 heavy (non-hydrogen) atoms. The summed E-state index contributed by atoms with van der Waals surface area (Å²) in [5.74, 6) is 1.19. The number of anilines is 2. The molecule has 0 fully saturated rings. The number of para-hydroxylation sites is 6. The van der Waals surface area contributed by atoms with E-state index in [2.05, 4.69) is 6.92 Å². The minimum Gasteiger partial charge on any atom is -0.455 e. The summed E-state index contributed by atoms with van der Waals surface area (Å²) in [6.07, 6.45) is -3.37. The van der Waals surface area contributed by atoms with Crippen molar-refractivity contribution >= 4 is 11.4 Å². The minimum atomic E-state index is -4.53. The molecule has 4 nitrogen and oxygen atoms in total. The summed E-state index contributed by atoms with van der Waals surface area (Å²) in [7, 11) is 0. The number of alkyl halides is 7. The van der Waals surface area contributed by atoms with Crippen LogP contribution in [0.2, 0.25) is 0 Å². The van der Waals surface area contributed by atoms with Gasteiger partial charge >= 0.3 is 12.6 Å². The number of rotatable bonds is 14. The van der Waals surface area contributed by atoms with Gasteiger partial charge < -0.3 is 9.47 Å². The average Bonchev–Trinajstić information content (AvgIpc) is 3.21. The molecule has 0 aliphatic heterocycles. The van der Waals surface area contributed by atoms with Crippen LogP contribution in [0.4, 0.5) is 42.1 Å². The Labute approximate surface area is 335 Å². The van der Waals surface area contributed by atoms with E-state index in [1.54, 1.807) is 36.4 Å². The van der Waals surface area contributed by atoms with Gasteiger partial charge in [-0.15, -0.1) is 0 Å². The van der Waals surface area contributed by atoms with Gasteiger partial charge in [0, 0.05) is 11.1 Å². The van der Waals surface area contributed by atoms with Gasteiger partial charge in [0.25, 0.3) is 0 Å². The molecule has 0 heterocycles. The maximum atomic E-state index is 12.6. The first-order chi connectivity index (χ1) is 27.9. The van der Waals surface area contributed by atoms with Gasteiger partial charge in [0.05, 0.1) is 17.5 Å². The van der Waals surface area contributed by atoms with Gasteiger partial charge in [-0.25, -0.2) is 4.39 Å². The monoisotopic (exact) mass is 804 g/mol. The second-order valence-corrected chi connectivity index (χ2v) is 13.0. The molecule has 11 heteroatoms. The summed E-state index contributed by atoms with van der Waals surface area (Å²) in [5, 5.41) is 3.01. The molecule has 0 spiro atoms. The molecule has 0 saturated heterocycles. The van der Waals surface area contributed by atoms with Crippen LogP contribution in [0.1, 0.15) is 52.4 Å². The predicted molar refractivity (Wildman–Crippen MR) is 220 cm³/mol. The van der Waals surface area contributed by atoms with Gasteiger partial charge in [-0.1, -0.05) is 161 Å². The van der Waals surface area contributed by atoms with Gasteiger partial charge in [-0.05, 0) is 60.4 Å². The molecule has 0 amide bonds. The van der Waals surface area contributed by atoms with Crippen molar-refractivity contribution in [3.8, 4) is 45.3 Å². The molecule has 0 bridgehead atoms. The Bertz CT molecular complexity index is 1930. The Morgan fingerprint density at radius 1 is 0.448 bits per heavy atom. The van der Waals surface area contributed by atoms with Crippen molar-refractivity contribution < 1.29 is 40.2 Å². The fourth-order valence-electron chi connectivity index (χ4n) is 5.68. The molecular weight excluding hydrogens is 758 g/mol. The lowest BCUT2D eigenvalue weighted by atomic mass is 10.0. The highest BCUT2D eigenvalue weighted by molar-refractivity contribution is 5.73. The molecule has 0 radical (unpaired) electrons. The summed E-state index contributed by atoms with van der Waals surface area (Å²) in [5.41, 5.74) is 3.20. The lowest BCUT2D eigenvalue weighted by Gasteiger charge is -2.16. The van der Waals surface area contributed by atoms with Crippen LogP contribution in [0.25, 0.3) is 22.3 Å². The van der Waals surface area contributed by atoms with Gasteiger partial charge in [-0.3, -0.25) is 10.6 Å². The topological polar surface area (TPSA) is 42.5 Å². The van der Waals surface area contributed by atoms with Crippen LogP contribution in [0.15, 0.2) is 158 Å². The van der Waals surface area contributed by atoms with Gasteiger partial charge in [0.2, 0.25) is 0 Å². The van der Waals surface area contributed by atoms with Crippen LogP contribution < -0.4 is 20.1 Å². The average molecular weight is 805 g/mol. The molecule has 0 saturated carbocycles. The van der Waals surface area contributed by atoms with Crippen molar-refractivity contribution in [1.29, 1.82) is 0 Å². The molecular formula is C47H47F7N2O2. The summed E-state index contributed by atoms with van der Waals surface area (Å²) in [6, 6.07) is 45.4. The zero-order valence-corrected chi connectivity index (χ0v) is 32.3.